The van der Waals surface area contributed by atoms with Gasteiger partial charge < -0.3 is 15.1 Å². The number of nitrogens with one attached hydrogen (secondary N) is 1. The van der Waals surface area contributed by atoms with E-state index in [2.05, 4.69) is 24.2 Å². The molecule has 1 atom stereocenters. The van der Waals surface area contributed by atoms with Crippen molar-refractivity contribution in [3.63, 3.8) is 0 Å². The van der Waals surface area contributed by atoms with E-state index in [-0.39, 0.29) is 11.9 Å². The normalized spacial score (nSPS) is 20.6. The van der Waals surface area contributed by atoms with Crippen LogP contribution in [-0.4, -0.2) is 55.0 Å². The van der Waals surface area contributed by atoms with Crippen LogP contribution in [0.2, 0.25) is 0 Å². The SMILES string of the molecule is CCNc1ccccc1C(=O)N1CCCN(C)CC1C. The molecule has 1 amide bonds. The molecular weight excluding hydrogens is 250 g/mol. The van der Waals surface area contributed by atoms with E-state index in [0.717, 1.165) is 43.9 Å². The fourth-order valence-corrected chi connectivity index (χ4v) is 2.84. The van der Waals surface area contributed by atoms with Crippen LogP contribution in [0.15, 0.2) is 24.3 Å². The Bertz CT molecular complexity index is 461. The predicted octanol–water partition coefficient (Wildman–Crippen LogP) is 2.28. The van der Waals surface area contributed by atoms with E-state index in [1.54, 1.807) is 0 Å². The molecule has 1 heterocycles. The van der Waals surface area contributed by atoms with Crippen LogP contribution < -0.4 is 5.32 Å². The smallest absolute Gasteiger partial charge is 0.256 e. The topological polar surface area (TPSA) is 35.6 Å². The molecule has 1 aliphatic rings. The van der Waals surface area contributed by atoms with Crippen molar-refractivity contribution in [2.24, 2.45) is 0 Å². The number of likely N-dealkylation sites (N-methyl/N-ethyl adjacent to an activating group) is 1. The van der Waals surface area contributed by atoms with E-state index in [9.17, 15) is 4.79 Å². The lowest BCUT2D eigenvalue weighted by molar-refractivity contribution is 0.0697. The van der Waals surface area contributed by atoms with Crippen molar-refractivity contribution < 1.29 is 4.79 Å². The first-order valence-corrected chi connectivity index (χ1v) is 7.46. The van der Waals surface area contributed by atoms with Crippen molar-refractivity contribution >= 4 is 11.6 Å². The molecule has 110 valence electrons. The molecule has 1 N–H and O–H groups in total. The number of hydrogen-bond acceptors (Lipinski definition) is 3. The second-order valence-corrected chi connectivity index (χ2v) is 5.54. The fourth-order valence-electron chi connectivity index (χ4n) is 2.84. The number of rotatable bonds is 3. The Morgan fingerprint density at radius 3 is 2.85 bits per heavy atom. The minimum absolute atomic E-state index is 0.143. The van der Waals surface area contributed by atoms with Crippen LogP contribution in [0.5, 0.6) is 0 Å². The van der Waals surface area contributed by atoms with Gasteiger partial charge in [0.25, 0.3) is 5.91 Å². The fraction of sp³-hybridized carbons (Fsp3) is 0.562. The summed E-state index contributed by atoms with van der Waals surface area (Å²) in [6.07, 6.45) is 1.04. The molecular formula is C16H25N3O. The maximum absolute atomic E-state index is 12.8. The lowest BCUT2D eigenvalue weighted by atomic mass is 10.1. The highest BCUT2D eigenvalue weighted by molar-refractivity contribution is 5.99. The summed E-state index contributed by atoms with van der Waals surface area (Å²) in [7, 11) is 2.12. The number of hydrogen-bond donors (Lipinski definition) is 1. The van der Waals surface area contributed by atoms with Crippen molar-refractivity contribution in [2.75, 3.05) is 38.5 Å². The van der Waals surface area contributed by atoms with Gasteiger partial charge in [-0.2, -0.15) is 0 Å². The largest absolute Gasteiger partial charge is 0.385 e. The molecule has 0 aromatic heterocycles. The molecule has 0 spiro atoms. The van der Waals surface area contributed by atoms with E-state index in [4.69, 9.17) is 0 Å². The van der Waals surface area contributed by atoms with Gasteiger partial charge in [-0.3, -0.25) is 4.79 Å². The van der Waals surface area contributed by atoms with E-state index in [0.29, 0.717) is 0 Å². The number of anilines is 1. The Morgan fingerprint density at radius 2 is 2.10 bits per heavy atom. The van der Waals surface area contributed by atoms with Crippen LogP contribution >= 0.6 is 0 Å². The first kappa shape index (κ1) is 14.9. The van der Waals surface area contributed by atoms with Crippen LogP contribution in [0.1, 0.15) is 30.6 Å². The molecule has 2 rings (SSSR count). The first-order chi connectivity index (χ1) is 9.63. The number of para-hydroxylation sites is 1. The molecule has 0 saturated carbocycles. The molecule has 1 aliphatic heterocycles. The molecule has 1 aromatic carbocycles. The quantitative estimate of drug-likeness (QED) is 0.919. The maximum atomic E-state index is 12.8. The Kier molecular flexibility index (Phi) is 5.01. The second kappa shape index (κ2) is 6.75. The van der Waals surface area contributed by atoms with Crippen LogP contribution in [0.4, 0.5) is 5.69 Å². The Labute approximate surface area is 121 Å². The summed E-state index contributed by atoms with van der Waals surface area (Å²) in [5, 5.41) is 3.28. The van der Waals surface area contributed by atoms with Gasteiger partial charge in [-0.15, -0.1) is 0 Å². The van der Waals surface area contributed by atoms with Gasteiger partial charge in [0, 0.05) is 31.4 Å². The van der Waals surface area contributed by atoms with Gasteiger partial charge in [0.05, 0.1) is 5.56 Å². The number of amides is 1. The van der Waals surface area contributed by atoms with E-state index >= 15 is 0 Å². The van der Waals surface area contributed by atoms with Gasteiger partial charge in [0.15, 0.2) is 0 Å². The summed E-state index contributed by atoms with van der Waals surface area (Å²) in [6.45, 7) is 7.84. The third-order valence-corrected chi connectivity index (χ3v) is 3.83. The van der Waals surface area contributed by atoms with Crippen molar-refractivity contribution in [3.05, 3.63) is 29.8 Å². The van der Waals surface area contributed by atoms with Gasteiger partial charge >= 0.3 is 0 Å². The van der Waals surface area contributed by atoms with Crippen molar-refractivity contribution in [1.29, 1.82) is 0 Å². The summed E-state index contributed by atoms with van der Waals surface area (Å²) in [4.78, 5) is 17.1. The summed E-state index contributed by atoms with van der Waals surface area (Å²) in [5.41, 5.74) is 1.72. The molecule has 20 heavy (non-hydrogen) atoms. The van der Waals surface area contributed by atoms with Gasteiger partial charge in [-0.05, 0) is 46.0 Å². The Morgan fingerprint density at radius 1 is 1.35 bits per heavy atom. The number of carbonyl (C=O) groups excluding carboxylic acids is 1. The summed E-state index contributed by atoms with van der Waals surface area (Å²) in [6, 6.07) is 8.05. The van der Waals surface area contributed by atoms with Crippen LogP contribution in [0.3, 0.4) is 0 Å². The summed E-state index contributed by atoms with van der Waals surface area (Å²) < 4.78 is 0. The lowest BCUT2D eigenvalue weighted by Gasteiger charge is -2.28. The lowest BCUT2D eigenvalue weighted by Crippen LogP contribution is -2.42. The highest BCUT2D eigenvalue weighted by atomic mass is 16.2. The first-order valence-electron chi connectivity index (χ1n) is 7.46. The molecule has 1 unspecified atom stereocenters. The molecule has 0 bridgehead atoms. The average Bonchev–Trinajstić information content (AvgIpc) is 2.59. The molecule has 1 saturated heterocycles. The number of carbonyl (C=O) groups is 1. The van der Waals surface area contributed by atoms with E-state index < -0.39 is 0 Å². The van der Waals surface area contributed by atoms with E-state index in [1.807, 2.05) is 36.1 Å². The van der Waals surface area contributed by atoms with Crippen LogP contribution in [0, 0.1) is 0 Å². The third-order valence-electron chi connectivity index (χ3n) is 3.83. The van der Waals surface area contributed by atoms with Crippen molar-refractivity contribution in [1.82, 2.24) is 9.80 Å². The van der Waals surface area contributed by atoms with Crippen LogP contribution in [0.25, 0.3) is 0 Å². The van der Waals surface area contributed by atoms with Crippen molar-refractivity contribution in [3.8, 4) is 0 Å². The average molecular weight is 275 g/mol. The zero-order valence-corrected chi connectivity index (χ0v) is 12.7. The van der Waals surface area contributed by atoms with Gasteiger partial charge in [0.2, 0.25) is 0 Å². The monoisotopic (exact) mass is 275 g/mol. The minimum atomic E-state index is 0.143. The highest BCUT2D eigenvalue weighted by Crippen LogP contribution is 2.20. The minimum Gasteiger partial charge on any atom is -0.385 e. The van der Waals surface area contributed by atoms with Gasteiger partial charge in [-0.1, -0.05) is 12.1 Å². The predicted molar refractivity (Wildman–Crippen MR) is 83.2 cm³/mol. The standard InChI is InChI=1S/C16H25N3O/c1-4-17-15-9-6-5-8-14(15)16(20)19-11-7-10-18(3)12-13(19)2/h5-6,8-9,13,17H,4,7,10-12H2,1-3H3. The zero-order chi connectivity index (χ0) is 14.5. The zero-order valence-electron chi connectivity index (χ0n) is 12.7. The Hall–Kier alpha value is -1.55. The highest BCUT2D eigenvalue weighted by Gasteiger charge is 2.26. The molecule has 1 fully saturated rings. The molecule has 0 aliphatic carbocycles. The Balaban J connectivity index is 2.21. The summed E-state index contributed by atoms with van der Waals surface area (Å²) >= 11 is 0. The van der Waals surface area contributed by atoms with E-state index in [1.165, 1.54) is 0 Å². The molecule has 1 aromatic rings. The molecule has 4 heteroatoms. The number of benzene rings is 1. The van der Waals surface area contributed by atoms with Crippen LogP contribution in [-0.2, 0) is 0 Å². The van der Waals surface area contributed by atoms with Gasteiger partial charge in [0.1, 0.15) is 0 Å². The van der Waals surface area contributed by atoms with Crippen molar-refractivity contribution in [2.45, 2.75) is 26.3 Å². The summed E-state index contributed by atoms with van der Waals surface area (Å²) in [5.74, 6) is 0.143. The number of nitrogens with zero attached hydrogens (tertiary/aromatic N) is 2. The molecule has 4 nitrogen and oxygen atoms in total. The third kappa shape index (κ3) is 3.31. The second-order valence-electron chi connectivity index (χ2n) is 5.54. The maximum Gasteiger partial charge on any atom is 0.256 e. The molecule has 0 radical (unpaired) electrons. The van der Waals surface area contributed by atoms with Gasteiger partial charge in [-0.25, -0.2) is 0 Å².